The second-order valence-electron chi connectivity index (χ2n) is 5.71. The SMILES string of the molecule is O=C(N[C@H]1CCCN(C2CCCC2)C1)c1cnc[nH]1. The number of piperidine rings is 1. The third-order valence-electron chi connectivity index (χ3n) is 4.37. The van der Waals surface area contributed by atoms with Gasteiger partial charge in [-0.25, -0.2) is 4.98 Å². The molecule has 1 aromatic rings. The summed E-state index contributed by atoms with van der Waals surface area (Å²) in [5.74, 6) is -0.0317. The van der Waals surface area contributed by atoms with Crippen LogP contribution in [0, 0.1) is 0 Å². The molecule has 1 saturated carbocycles. The predicted octanol–water partition coefficient (Wildman–Crippen LogP) is 1.55. The molecule has 0 spiro atoms. The maximum Gasteiger partial charge on any atom is 0.269 e. The molecular weight excluding hydrogens is 240 g/mol. The van der Waals surface area contributed by atoms with E-state index < -0.39 is 0 Å². The number of carbonyl (C=O) groups excluding carboxylic acids is 1. The molecule has 5 nitrogen and oxygen atoms in total. The smallest absolute Gasteiger partial charge is 0.269 e. The van der Waals surface area contributed by atoms with Gasteiger partial charge in [0.15, 0.2) is 0 Å². The molecular formula is C14H22N4O. The lowest BCUT2D eigenvalue weighted by atomic mass is 10.0. The molecule has 2 aliphatic rings. The molecule has 2 heterocycles. The molecule has 5 heteroatoms. The van der Waals surface area contributed by atoms with Gasteiger partial charge >= 0.3 is 0 Å². The molecule has 1 aliphatic heterocycles. The van der Waals surface area contributed by atoms with Crippen LogP contribution in [0.3, 0.4) is 0 Å². The lowest BCUT2D eigenvalue weighted by molar-refractivity contribution is 0.0870. The van der Waals surface area contributed by atoms with E-state index in [1.54, 1.807) is 12.5 Å². The summed E-state index contributed by atoms with van der Waals surface area (Å²) >= 11 is 0. The summed E-state index contributed by atoms with van der Waals surface area (Å²) in [6.07, 6.45) is 10.8. The maximum atomic E-state index is 12.0. The van der Waals surface area contributed by atoms with Crippen LogP contribution >= 0.6 is 0 Å². The van der Waals surface area contributed by atoms with Crippen LogP contribution in [-0.2, 0) is 0 Å². The van der Waals surface area contributed by atoms with Crippen LogP contribution in [0.1, 0.15) is 49.0 Å². The van der Waals surface area contributed by atoms with Crippen molar-refractivity contribution in [2.24, 2.45) is 0 Å². The third kappa shape index (κ3) is 2.97. The summed E-state index contributed by atoms with van der Waals surface area (Å²) in [7, 11) is 0. The van der Waals surface area contributed by atoms with Gasteiger partial charge in [0.25, 0.3) is 5.91 Å². The Morgan fingerprint density at radius 2 is 2.16 bits per heavy atom. The van der Waals surface area contributed by atoms with E-state index in [0.29, 0.717) is 5.69 Å². The number of hydrogen-bond acceptors (Lipinski definition) is 3. The van der Waals surface area contributed by atoms with Crippen molar-refractivity contribution in [2.75, 3.05) is 13.1 Å². The van der Waals surface area contributed by atoms with E-state index in [9.17, 15) is 4.79 Å². The normalized spacial score (nSPS) is 25.6. The van der Waals surface area contributed by atoms with Gasteiger partial charge in [0.1, 0.15) is 5.69 Å². The minimum Gasteiger partial charge on any atom is -0.347 e. The second-order valence-corrected chi connectivity index (χ2v) is 5.71. The predicted molar refractivity (Wildman–Crippen MR) is 72.9 cm³/mol. The molecule has 1 amide bonds. The quantitative estimate of drug-likeness (QED) is 0.868. The average molecular weight is 262 g/mol. The zero-order valence-electron chi connectivity index (χ0n) is 11.3. The van der Waals surface area contributed by atoms with Crippen molar-refractivity contribution in [1.82, 2.24) is 20.2 Å². The molecule has 1 aliphatic carbocycles. The van der Waals surface area contributed by atoms with Crippen LogP contribution < -0.4 is 5.32 Å². The topological polar surface area (TPSA) is 61.0 Å². The number of nitrogens with zero attached hydrogens (tertiary/aromatic N) is 2. The highest BCUT2D eigenvalue weighted by Crippen LogP contribution is 2.26. The largest absolute Gasteiger partial charge is 0.347 e. The van der Waals surface area contributed by atoms with Gasteiger partial charge in [-0.15, -0.1) is 0 Å². The van der Waals surface area contributed by atoms with Gasteiger partial charge in [-0.3, -0.25) is 9.69 Å². The van der Waals surface area contributed by atoms with E-state index in [1.807, 2.05) is 0 Å². The van der Waals surface area contributed by atoms with Crippen molar-refractivity contribution >= 4 is 5.91 Å². The van der Waals surface area contributed by atoms with Crippen molar-refractivity contribution in [1.29, 1.82) is 0 Å². The minimum absolute atomic E-state index is 0.0317. The highest BCUT2D eigenvalue weighted by molar-refractivity contribution is 5.92. The van der Waals surface area contributed by atoms with E-state index in [0.717, 1.165) is 19.0 Å². The number of hydrogen-bond donors (Lipinski definition) is 2. The zero-order valence-corrected chi connectivity index (χ0v) is 11.3. The summed E-state index contributed by atoms with van der Waals surface area (Å²) in [5.41, 5.74) is 0.554. The maximum absolute atomic E-state index is 12.0. The van der Waals surface area contributed by atoms with Gasteiger partial charge in [-0.2, -0.15) is 0 Å². The summed E-state index contributed by atoms with van der Waals surface area (Å²) in [4.78, 5) is 21.3. The van der Waals surface area contributed by atoms with Crippen LogP contribution in [0.15, 0.2) is 12.5 Å². The number of aromatic amines is 1. The third-order valence-corrected chi connectivity index (χ3v) is 4.37. The highest BCUT2D eigenvalue weighted by atomic mass is 16.2. The fraction of sp³-hybridized carbons (Fsp3) is 0.714. The Morgan fingerprint density at radius 1 is 1.32 bits per heavy atom. The van der Waals surface area contributed by atoms with Gasteiger partial charge in [0, 0.05) is 18.6 Å². The van der Waals surface area contributed by atoms with Crippen molar-refractivity contribution in [3.05, 3.63) is 18.2 Å². The molecule has 0 bridgehead atoms. The van der Waals surface area contributed by atoms with Crippen LogP contribution in [0.5, 0.6) is 0 Å². The number of aromatic nitrogens is 2. The number of imidazole rings is 1. The molecule has 1 atom stereocenters. The Morgan fingerprint density at radius 3 is 2.89 bits per heavy atom. The first-order valence-electron chi connectivity index (χ1n) is 7.36. The summed E-state index contributed by atoms with van der Waals surface area (Å²) in [5, 5.41) is 3.12. The molecule has 1 aromatic heterocycles. The lowest BCUT2D eigenvalue weighted by Crippen LogP contribution is -2.50. The Labute approximate surface area is 113 Å². The molecule has 0 radical (unpaired) electrons. The molecule has 3 rings (SSSR count). The van der Waals surface area contributed by atoms with Crippen LogP contribution in [0.25, 0.3) is 0 Å². The minimum atomic E-state index is -0.0317. The zero-order chi connectivity index (χ0) is 13.1. The van der Waals surface area contributed by atoms with Crippen LogP contribution in [-0.4, -0.2) is 45.9 Å². The Kier molecular flexibility index (Phi) is 3.82. The van der Waals surface area contributed by atoms with E-state index >= 15 is 0 Å². The first-order valence-corrected chi connectivity index (χ1v) is 7.36. The highest BCUT2D eigenvalue weighted by Gasteiger charge is 2.28. The number of carbonyl (C=O) groups is 1. The standard InChI is InChI=1S/C14H22N4O/c19-14(13-8-15-10-16-13)17-11-4-3-7-18(9-11)12-5-1-2-6-12/h8,10-12H,1-7,9H2,(H,15,16)(H,17,19)/t11-/m0/s1. The van der Waals surface area contributed by atoms with Gasteiger partial charge in [0.05, 0.1) is 12.5 Å². The monoisotopic (exact) mass is 262 g/mol. The summed E-state index contributed by atoms with van der Waals surface area (Å²) in [6.45, 7) is 2.20. The van der Waals surface area contributed by atoms with Crippen LogP contribution in [0.4, 0.5) is 0 Å². The van der Waals surface area contributed by atoms with Crippen molar-refractivity contribution < 1.29 is 4.79 Å². The number of amides is 1. The second kappa shape index (κ2) is 5.74. The fourth-order valence-electron chi connectivity index (χ4n) is 3.37. The van der Waals surface area contributed by atoms with Gasteiger partial charge in [-0.05, 0) is 32.2 Å². The van der Waals surface area contributed by atoms with Gasteiger partial charge < -0.3 is 10.3 Å². The number of rotatable bonds is 3. The van der Waals surface area contributed by atoms with Crippen molar-refractivity contribution in [3.8, 4) is 0 Å². The van der Waals surface area contributed by atoms with E-state index in [1.165, 1.54) is 38.6 Å². The summed E-state index contributed by atoms with van der Waals surface area (Å²) < 4.78 is 0. The van der Waals surface area contributed by atoms with E-state index in [4.69, 9.17) is 0 Å². The van der Waals surface area contributed by atoms with Crippen molar-refractivity contribution in [2.45, 2.75) is 50.6 Å². The number of likely N-dealkylation sites (tertiary alicyclic amines) is 1. The Hall–Kier alpha value is -1.36. The Bertz CT molecular complexity index is 411. The molecule has 104 valence electrons. The van der Waals surface area contributed by atoms with Crippen LogP contribution in [0.2, 0.25) is 0 Å². The number of H-pyrrole nitrogens is 1. The molecule has 19 heavy (non-hydrogen) atoms. The first-order chi connectivity index (χ1) is 9.33. The average Bonchev–Trinajstić information content (AvgIpc) is 3.13. The molecule has 2 N–H and O–H groups in total. The Balaban J connectivity index is 1.54. The van der Waals surface area contributed by atoms with E-state index in [-0.39, 0.29) is 11.9 Å². The molecule has 2 fully saturated rings. The first kappa shape index (κ1) is 12.7. The molecule has 0 unspecified atom stereocenters. The lowest BCUT2D eigenvalue weighted by Gasteiger charge is -2.37. The van der Waals surface area contributed by atoms with Gasteiger partial charge in [-0.1, -0.05) is 12.8 Å². The molecule has 1 saturated heterocycles. The van der Waals surface area contributed by atoms with Gasteiger partial charge in [0.2, 0.25) is 0 Å². The molecule has 0 aromatic carbocycles. The van der Waals surface area contributed by atoms with Crippen molar-refractivity contribution in [3.63, 3.8) is 0 Å². The number of nitrogens with one attached hydrogen (secondary N) is 2. The summed E-state index contributed by atoms with van der Waals surface area (Å²) in [6, 6.07) is 1.04. The van der Waals surface area contributed by atoms with E-state index in [2.05, 4.69) is 20.2 Å². The fourth-order valence-corrected chi connectivity index (χ4v) is 3.37.